The number of carbonyl (C=O) groups excluding carboxylic acids is 1. The maximum Gasteiger partial charge on any atom is 0.490 e. The van der Waals surface area contributed by atoms with Gasteiger partial charge in [0.25, 0.3) is 0 Å². The van der Waals surface area contributed by atoms with Crippen LogP contribution in [0.3, 0.4) is 0 Å². The van der Waals surface area contributed by atoms with Gasteiger partial charge in [-0.25, -0.2) is 14.6 Å². The standard InChI is InChI=1S/C32H39N13O4.C2HF3O2/c1-2-45-41-28(40-42-45)26-24(46)25(47)30(49-26)44-17-35-23-27(34-14-19-8-5-7-18-6-3-4-9-22(18)19)38-31(39-29(23)44)43-13-11-21(16-43)37-32(48)36-20-10-12-33-15-20;3-2(4,5)1(6)7/h3-9,17,20-21,24-26,30,33,46-47H,2,10-16H2,1H3,(H,34,38,39)(H2,36,37,48);(H,6,7)/t20-,21-,24+,25-,26+,30-;/m1./s1. The highest BCUT2D eigenvalue weighted by atomic mass is 19.4. The average molecular weight is 784 g/mol. The van der Waals surface area contributed by atoms with Crippen molar-refractivity contribution < 1.29 is 42.8 Å². The zero-order chi connectivity index (χ0) is 39.6. The molecule has 6 heterocycles. The first-order valence-corrected chi connectivity index (χ1v) is 18.0. The van der Waals surface area contributed by atoms with Gasteiger partial charge in [-0.05, 0) is 47.9 Å². The van der Waals surface area contributed by atoms with Crippen LogP contribution in [0, 0.1) is 0 Å². The Labute approximate surface area is 316 Å². The van der Waals surface area contributed by atoms with Gasteiger partial charge in [0.15, 0.2) is 29.3 Å². The molecule has 22 heteroatoms. The van der Waals surface area contributed by atoms with E-state index in [0.717, 1.165) is 42.3 Å². The first kappa shape index (κ1) is 38.6. The molecule has 8 rings (SSSR count). The fourth-order valence-electron chi connectivity index (χ4n) is 6.84. The molecule has 2 aromatic carbocycles. The number of aryl methyl sites for hydroxylation is 1. The van der Waals surface area contributed by atoms with Gasteiger partial charge in [-0.15, -0.1) is 10.2 Å². The van der Waals surface area contributed by atoms with Crippen molar-refractivity contribution in [1.82, 2.24) is 55.7 Å². The van der Waals surface area contributed by atoms with Crippen LogP contribution in [0.15, 0.2) is 48.8 Å². The topological polar surface area (TPSA) is 243 Å². The molecule has 56 heavy (non-hydrogen) atoms. The number of urea groups is 1. The molecule has 0 spiro atoms. The van der Waals surface area contributed by atoms with E-state index in [1.807, 2.05) is 30.0 Å². The number of tetrazole rings is 1. The van der Waals surface area contributed by atoms with Crippen LogP contribution >= 0.6 is 0 Å². The monoisotopic (exact) mass is 783 g/mol. The molecule has 3 saturated heterocycles. The number of aliphatic hydroxyl groups is 2. The van der Waals surface area contributed by atoms with Gasteiger partial charge in [0, 0.05) is 38.3 Å². The second kappa shape index (κ2) is 16.2. The lowest BCUT2D eigenvalue weighted by atomic mass is 10.0. The number of nitrogens with one attached hydrogen (secondary N) is 4. The van der Waals surface area contributed by atoms with E-state index in [1.54, 1.807) is 4.57 Å². The molecule has 3 fully saturated rings. The van der Waals surface area contributed by atoms with Crippen molar-refractivity contribution in [1.29, 1.82) is 0 Å². The zero-order valence-corrected chi connectivity index (χ0v) is 30.0. The molecule has 0 saturated carbocycles. The first-order chi connectivity index (χ1) is 26.9. The van der Waals surface area contributed by atoms with E-state index in [9.17, 15) is 28.2 Å². The highest BCUT2D eigenvalue weighted by Crippen LogP contribution is 2.39. The molecular formula is C34H40F3N13O6. The van der Waals surface area contributed by atoms with Crippen LogP contribution in [0.5, 0.6) is 0 Å². The molecule has 298 valence electrons. The van der Waals surface area contributed by atoms with E-state index < -0.39 is 36.7 Å². The minimum atomic E-state index is -5.08. The van der Waals surface area contributed by atoms with Crippen molar-refractivity contribution in [2.45, 2.75) is 75.7 Å². The smallest absolute Gasteiger partial charge is 0.475 e. The summed E-state index contributed by atoms with van der Waals surface area (Å²) in [7, 11) is 0. The van der Waals surface area contributed by atoms with Crippen LogP contribution in [0.1, 0.15) is 43.5 Å². The highest BCUT2D eigenvalue weighted by Gasteiger charge is 2.47. The Bertz CT molecular complexity index is 2170. The van der Waals surface area contributed by atoms with Gasteiger partial charge in [0.2, 0.25) is 11.8 Å². The molecule has 0 bridgehead atoms. The number of fused-ring (bicyclic) bond motifs is 2. The number of aromatic nitrogens is 8. The average Bonchev–Trinajstić information content (AvgIpc) is 4.03. The normalized spacial score (nSPS) is 23.6. The summed E-state index contributed by atoms with van der Waals surface area (Å²) < 4.78 is 39.5. The Hall–Kier alpha value is -5.71. The lowest BCUT2D eigenvalue weighted by molar-refractivity contribution is -0.192. The van der Waals surface area contributed by atoms with Gasteiger partial charge in [-0.3, -0.25) is 4.57 Å². The molecule has 3 aliphatic heterocycles. The summed E-state index contributed by atoms with van der Waals surface area (Å²) in [6.45, 7) is 5.65. The third kappa shape index (κ3) is 8.27. The fraction of sp³-hybridized carbons (Fsp3) is 0.471. The van der Waals surface area contributed by atoms with Gasteiger partial charge in [-0.2, -0.15) is 27.9 Å². The number of carbonyl (C=O) groups is 2. The Morgan fingerprint density at radius 2 is 1.80 bits per heavy atom. The van der Waals surface area contributed by atoms with Gasteiger partial charge >= 0.3 is 18.2 Å². The maximum absolute atomic E-state index is 12.7. The second-order valence-electron chi connectivity index (χ2n) is 13.5. The molecule has 6 atom stereocenters. The molecule has 3 aromatic heterocycles. The number of ether oxygens (including phenoxy) is 1. The number of imidazole rings is 1. The van der Waals surface area contributed by atoms with Gasteiger partial charge in [0.05, 0.1) is 12.9 Å². The number of nitrogens with zero attached hydrogens (tertiary/aromatic N) is 9. The molecule has 0 unspecified atom stereocenters. The van der Waals surface area contributed by atoms with Crippen molar-refractivity contribution in [3.63, 3.8) is 0 Å². The van der Waals surface area contributed by atoms with Crippen LogP contribution in [0.4, 0.5) is 29.7 Å². The van der Waals surface area contributed by atoms with Crippen molar-refractivity contribution in [3.8, 4) is 0 Å². The predicted octanol–water partition coefficient (Wildman–Crippen LogP) is 1.46. The summed E-state index contributed by atoms with van der Waals surface area (Å²) in [5.74, 6) is -1.63. The van der Waals surface area contributed by atoms with Gasteiger partial charge in [0.1, 0.15) is 12.2 Å². The minimum absolute atomic E-state index is 0.0920. The van der Waals surface area contributed by atoms with Crippen LogP contribution in [-0.2, 0) is 22.6 Å². The van der Waals surface area contributed by atoms with Crippen LogP contribution in [-0.4, -0.2) is 124 Å². The summed E-state index contributed by atoms with van der Waals surface area (Å²) in [5, 5.41) is 56.7. The summed E-state index contributed by atoms with van der Waals surface area (Å²) in [6, 6.07) is 14.2. The summed E-state index contributed by atoms with van der Waals surface area (Å²) in [6.07, 6.45) is -6.59. The molecule has 3 aliphatic rings. The first-order valence-electron chi connectivity index (χ1n) is 18.0. The number of alkyl halides is 3. The Kier molecular flexibility index (Phi) is 11.1. The number of hydrogen-bond acceptors (Lipinski definition) is 14. The lowest BCUT2D eigenvalue weighted by Crippen LogP contribution is -2.47. The van der Waals surface area contributed by atoms with Crippen molar-refractivity contribution in [2.24, 2.45) is 0 Å². The van der Waals surface area contributed by atoms with Crippen molar-refractivity contribution in [3.05, 3.63) is 60.2 Å². The lowest BCUT2D eigenvalue weighted by Gasteiger charge is -2.20. The Morgan fingerprint density at radius 1 is 1.04 bits per heavy atom. The summed E-state index contributed by atoms with van der Waals surface area (Å²) >= 11 is 0. The Balaban J connectivity index is 0.000000629. The van der Waals surface area contributed by atoms with E-state index in [1.165, 1.54) is 11.1 Å². The molecular weight excluding hydrogens is 743 g/mol. The number of aliphatic carboxylic acids is 1. The number of anilines is 2. The molecule has 5 aromatic rings. The molecule has 2 amide bonds. The number of benzene rings is 2. The van der Waals surface area contributed by atoms with Crippen LogP contribution < -0.4 is 26.2 Å². The van der Waals surface area contributed by atoms with Crippen LogP contribution in [0.25, 0.3) is 21.9 Å². The van der Waals surface area contributed by atoms with E-state index in [0.29, 0.717) is 49.1 Å². The number of hydrogen-bond donors (Lipinski definition) is 7. The Morgan fingerprint density at radius 3 is 2.54 bits per heavy atom. The highest BCUT2D eigenvalue weighted by molar-refractivity contribution is 5.87. The van der Waals surface area contributed by atoms with E-state index in [2.05, 4.69) is 65.9 Å². The molecule has 19 nitrogen and oxygen atoms in total. The summed E-state index contributed by atoms with van der Waals surface area (Å²) in [5.41, 5.74) is 1.98. The molecule has 0 aliphatic carbocycles. The van der Waals surface area contributed by atoms with E-state index in [-0.39, 0.29) is 23.9 Å². The maximum atomic E-state index is 12.7. The number of rotatable bonds is 9. The van der Waals surface area contributed by atoms with Crippen molar-refractivity contribution in [2.75, 3.05) is 36.4 Å². The number of carboxylic acid groups (broad SMARTS) is 1. The van der Waals surface area contributed by atoms with Gasteiger partial charge < -0.3 is 46.2 Å². The SMILES string of the molecule is CCn1nnc([C@H]2O[C@@H](n3cnc4c(NCc5cccc6ccccc56)nc(N5CC[C@@H](NC(=O)N[C@@H]6CCNC6)C5)nc43)[C@H](O)[C@@H]2O)n1.O=C(O)C(F)(F)F. The van der Waals surface area contributed by atoms with Crippen LogP contribution in [0.2, 0.25) is 0 Å². The second-order valence-corrected chi connectivity index (χ2v) is 13.5. The molecule has 7 N–H and O–H groups in total. The zero-order valence-electron chi connectivity index (χ0n) is 30.0. The fourth-order valence-corrected chi connectivity index (χ4v) is 6.84. The number of halogens is 3. The number of aliphatic hydroxyl groups excluding tert-OH is 2. The third-order valence-corrected chi connectivity index (χ3v) is 9.70. The largest absolute Gasteiger partial charge is 0.490 e. The summed E-state index contributed by atoms with van der Waals surface area (Å²) in [4.78, 5) is 39.5. The predicted molar refractivity (Wildman–Crippen MR) is 192 cm³/mol. The quantitative estimate of drug-likeness (QED) is 0.112. The third-order valence-electron chi connectivity index (χ3n) is 9.70. The van der Waals surface area contributed by atoms with Gasteiger partial charge in [-0.1, -0.05) is 42.5 Å². The molecule has 0 radical (unpaired) electrons. The number of carboxylic acids is 1. The minimum Gasteiger partial charge on any atom is -0.475 e. The van der Waals surface area contributed by atoms with E-state index in [4.69, 9.17) is 24.6 Å². The van der Waals surface area contributed by atoms with E-state index >= 15 is 0 Å². The number of amides is 2. The van der Waals surface area contributed by atoms with Crippen molar-refractivity contribution >= 4 is 45.7 Å².